The van der Waals surface area contributed by atoms with Crippen LogP contribution >= 0.6 is 23.5 Å². The summed E-state index contributed by atoms with van der Waals surface area (Å²) in [5.74, 6) is 0. The Morgan fingerprint density at radius 3 is 2.63 bits per heavy atom. The Morgan fingerprint density at radius 2 is 1.90 bits per heavy atom. The third-order valence-corrected chi connectivity index (χ3v) is 6.53. The molecule has 0 aliphatic rings. The molecule has 0 unspecified atom stereocenters. The van der Waals surface area contributed by atoms with Crippen molar-refractivity contribution in [2.75, 3.05) is 0 Å². The predicted octanol–water partition coefficient (Wildman–Crippen LogP) is 4.16. The number of halogens is 1. The normalized spacial score (nSPS) is 12.4. The van der Waals surface area contributed by atoms with Gasteiger partial charge in [-0.3, -0.25) is 10.2 Å². The van der Waals surface area contributed by atoms with Crippen molar-refractivity contribution in [3.8, 4) is 22.3 Å². The highest BCUT2D eigenvalue weighted by Crippen LogP contribution is 2.38. The zero-order valence-electron chi connectivity index (χ0n) is 15.4. The van der Waals surface area contributed by atoms with Crippen molar-refractivity contribution < 1.29 is 8.42 Å². The molecule has 0 bridgehead atoms. The van der Waals surface area contributed by atoms with Crippen LogP contribution in [0.5, 0.6) is 0 Å². The molecule has 3 aromatic carbocycles. The minimum absolute atomic E-state index is 0.0373. The lowest BCUT2D eigenvalue weighted by Crippen LogP contribution is -2.12. The number of nitrogens with zero attached hydrogens (tertiary/aromatic N) is 2. The molecule has 4 rings (SSSR count). The molecule has 1 aromatic heterocycles. The van der Waals surface area contributed by atoms with Gasteiger partial charge in [-0.25, -0.2) is 0 Å². The summed E-state index contributed by atoms with van der Waals surface area (Å²) < 4.78 is 28.5. The van der Waals surface area contributed by atoms with Crippen molar-refractivity contribution in [3.63, 3.8) is 0 Å². The van der Waals surface area contributed by atoms with Gasteiger partial charge in [0.15, 0.2) is 5.17 Å². The van der Waals surface area contributed by atoms with E-state index < -0.39 is 10.0 Å². The largest absolute Gasteiger partial charge is 0.377 e. The van der Waals surface area contributed by atoms with Crippen LogP contribution < -0.4 is 10.9 Å². The highest BCUT2D eigenvalue weighted by molar-refractivity contribution is 8.12. The van der Waals surface area contributed by atoms with Gasteiger partial charge in [0.05, 0.1) is 11.1 Å². The molecule has 10 heteroatoms. The number of hydrogen-bond donors (Lipinski definition) is 3. The molecule has 0 spiro atoms. The van der Waals surface area contributed by atoms with Gasteiger partial charge in [0, 0.05) is 16.8 Å². The summed E-state index contributed by atoms with van der Waals surface area (Å²) in [6.07, 6.45) is 3.52. The Morgan fingerprint density at radius 1 is 1.07 bits per heavy atom. The summed E-state index contributed by atoms with van der Waals surface area (Å²) in [7, 11) is -3.96. The summed E-state index contributed by atoms with van der Waals surface area (Å²) in [5, 5.41) is 14.1. The zero-order valence-corrected chi connectivity index (χ0v) is 17.8. The first-order chi connectivity index (χ1) is 14.4. The SMILES string of the molecule is NSC(N)=NS(=O)(=O)c1ccc2c(-c3ccc(Cl)cc3-c3cn[nH]c3)cccc2c1. The van der Waals surface area contributed by atoms with Crippen molar-refractivity contribution in [1.29, 1.82) is 0 Å². The molecule has 4 aromatic rings. The van der Waals surface area contributed by atoms with Crippen LogP contribution in [0.1, 0.15) is 0 Å². The van der Waals surface area contributed by atoms with E-state index in [0.29, 0.717) is 17.0 Å². The fraction of sp³-hybridized carbons (Fsp3) is 0. The first kappa shape index (κ1) is 20.4. The molecule has 0 aliphatic carbocycles. The molecule has 0 amide bonds. The predicted molar refractivity (Wildman–Crippen MR) is 123 cm³/mol. The highest BCUT2D eigenvalue weighted by atomic mass is 35.5. The number of nitrogens with two attached hydrogens (primary N) is 2. The van der Waals surface area contributed by atoms with Gasteiger partial charge in [0.25, 0.3) is 10.0 Å². The van der Waals surface area contributed by atoms with Crippen LogP contribution in [0.2, 0.25) is 5.02 Å². The molecule has 0 saturated carbocycles. The second-order valence-corrected chi connectivity index (χ2v) is 9.08. The lowest BCUT2D eigenvalue weighted by Gasteiger charge is -2.13. The van der Waals surface area contributed by atoms with Crippen molar-refractivity contribution >= 4 is 49.5 Å². The monoisotopic (exact) mass is 457 g/mol. The van der Waals surface area contributed by atoms with E-state index >= 15 is 0 Å². The molecule has 0 aliphatic heterocycles. The molecule has 0 radical (unpaired) electrons. The lowest BCUT2D eigenvalue weighted by atomic mass is 9.92. The van der Waals surface area contributed by atoms with Crippen LogP contribution in [0.15, 0.2) is 76.3 Å². The van der Waals surface area contributed by atoms with E-state index in [-0.39, 0.29) is 10.1 Å². The van der Waals surface area contributed by atoms with Gasteiger partial charge in [-0.15, -0.1) is 4.40 Å². The maximum atomic E-state index is 12.5. The average molecular weight is 458 g/mol. The number of benzene rings is 3. The molecule has 1 heterocycles. The van der Waals surface area contributed by atoms with Gasteiger partial charge in [-0.1, -0.05) is 41.9 Å². The van der Waals surface area contributed by atoms with E-state index in [4.69, 9.17) is 22.5 Å². The first-order valence-electron chi connectivity index (χ1n) is 8.68. The van der Waals surface area contributed by atoms with E-state index in [0.717, 1.165) is 33.0 Å². The van der Waals surface area contributed by atoms with E-state index in [2.05, 4.69) is 14.6 Å². The summed E-state index contributed by atoms with van der Waals surface area (Å²) in [6, 6.07) is 16.2. The summed E-state index contributed by atoms with van der Waals surface area (Å²) in [6.45, 7) is 0. The van der Waals surface area contributed by atoms with Crippen LogP contribution in [0, 0.1) is 0 Å². The van der Waals surface area contributed by atoms with Crippen molar-refractivity contribution in [1.82, 2.24) is 10.2 Å². The minimum atomic E-state index is -3.96. The molecular formula is C20H16ClN5O2S2. The van der Waals surface area contributed by atoms with E-state index in [9.17, 15) is 8.42 Å². The number of aromatic amines is 1. The third-order valence-electron chi connectivity index (χ3n) is 4.56. The number of amidine groups is 1. The second-order valence-electron chi connectivity index (χ2n) is 6.39. The van der Waals surface area contributed by atoms with Gasteiger partial charge in [0.2, 0.25) is 0 Å². The molecule has 0 saturated heterocycles. The molecule has 7 nitrogen and oxygen atoms in total. The number of H-pyrrole nitrogens is 1. The van der Waals surface area contributed by atoms with Crippen molar-refractivity contribution in [3.05, 3.63) is 72.0 Å². The Hall–Kier alpha value is -2.85. The van der Waals surface area contributed by atoms with Crippen LogP contribution in [-0.4, -0.2) is 23.8 Å². The maximum absolute atomic E-state index is 12.5. The van der Waals surface area contributed by atoms with E-state index in [1.54, 1.807) is 24.5 Å². The number of fused-ring (bicyclic) bond motifs is 1. The smallest absolute Gasteiger partial charge is 0.284 e. The zero-order chi connectivity index (χ0) is 21.3. The number of rotatable bonds is 4. The number of nitrogens with one attached hydrogen (secondary N) is 1. The lowest BCUT2D eigenvalue weighted by molar-refractivity contribution is 0.598. The van der Waals surface area contributed by atoms with Gasteiger partial charge in [0.1, 0.15) is 0 Å². The third kappa shape index (κ3) is 3.92. The second kappa shape index (κ2) is 8.11. The maximum Gasteiger partial charge on any atom is 0.284 e. The van der Waals surface area contributed by atoms with Crippen LogP contribution in [0.4, 0.5) is 0 Å². The van der Waals surface area contributed by atoms with Gasteiger partial charge < -0.3 is 5.73 Å². The number of sulfonamides is 1. The summed E-state index contributed by atoms with van der Waals surface area (Å²) >= 11 is 6.81. The molecule has 152 valence electrons. The molecular weight excluding hydrogens is 442 g/mol. The van der Waals surface area contributed by atoms with Crippen molar-refractivity contribution in [2.24, 2.45) is 15.3 Å². The average Bonchev–Trinajstić information content (AvgIpc) is 3.27. The first-order valence-corrected chi connectivity index (χ1v) is 11.4. The number of aromatic nitrogens is 2. The minimum Gasteiger partial charge on any atom is -0.377 e. The molecule has 0 atom stereocenters. The van der Waals surface area contributed by atoms with Crippen LogP contribution in [0.25, 0.3) is 33.0 Å². The number of hydrogen-bond acceptors (Lipinski definition) is 5. The molecule has 5 N–H and O–H groups in total. The molecule has 0 fully saturated rings. The Bertz CT molecular complexity index is 1370. The fourth-order valence-corrected chi connectivity index (χ4v) is 4.73. The molecule has 30 heavy (non-hydrogen) atoms. The Kier molecular flexibility index (Phi) is 5.52. The summed E-state index contributed by atoms with van der Waals surface area (Å²) in [4.78, 5) is 0.0373. The van der Waals surface area contributed by atoms with Crippen LogP contribution in [-0.2, 0) is 10.0 Å². The van der Waals surface area contributed by atoms with Gasteiger partial charge in [-0.05, 0) is 63.7 Å². The fourth-order valence-electron chi connectivity index (χ4n) is 3.24. The Labute approximate surface area is 182 Å². The Balaban J connectivity index is 1.90. The van der Waals surface area contributed by atoms with E-state index in [1.165, 1.54) is 6.07 Å². The summed E-state index contributed by atoms with van der Waals surface area (Å²) in [5.41, 5.74) is 9.17. The highest BCUT2D eigenvalue weighted by Gasteiger charge is 2.17. The van der Waals surface area contributed by atoms with E-state index in [1.807, 2.05) is 36.4 Å². The quantitative estimate of drug-likeness (QED) is 0.240. The standard InChI is InChI=1S/C20H16ClN5O2S2/c21-14-4-6-18(19(9-14)13-10-24-25-11-13)17-3-1-2-12-8-15(5-7-16(12)17)30(27,28)26-20(22)29-23/h1-11H,23H2,(H2,22,26)(H,24,25). The topological polar surface area (TPSA) is 127 Å². The van der Waals surface area contributed by atoms with Crippen LogP contribution in [0.3, 0.4) is 0 Å². The van der Waals surface area contributed by atoms with Gasteiger partial charge in [-0.2, -0.15) is 13.5 Å². The van der Waals surface area contributed by atoms with Crippen molar-refractivity contribution in [2.45, 2.75) is 4.90 Å². The van der Waals surface area contributed by atoms with Gasteiger partial charge >= 0.3 is 0 Å².